The van der Waals surface area contributed by atoms with Gasteiger partial charge in [-0.2, -0.15) is 4.31 Å². The number of hydrogen-bond donors (Lipinski definition) is 3. The maximum absolute atomic E-state index is 13.0. The Balaban J connectivity index is 1.55. The van der Waals surface area contributed by atoms with Crippen LogP contribution in [0.2, 0.25) is 0 Å². The van der Waals surface area contributed by atoms with Gasteiger partial charge in [-0.1, -0.05) is 6.07 Å². The maximum atomic E-state index is 13.0. The van der Waals surface area contributed by atoms with Crippen molar-refractivity contribution in [1.82, 2.24) is 14.2 Å². The minimum absolute atomic E-state index is 0.126. The van der Waals surface area contributed by atoms with Crippen LogP contribution in [0.5, 0.6) is 0 Å². The van der Waals surface area contributed by atoms with Gasteiger partial charge in [-0.25, -0.2) is 13.4 Å². The number of likely N-dealkylation sites (N-methyl/N-ethyl adjacent to an activating group) is 1. The fourth-order valence-electron chi connectivity index (χ4n) is 3.42. The van der Waals surface area contributed by atoms with Crippen molar-refractivity contribution in [2.24, 2.45) is 0 Å². The van der Waals surface area contributed by atoms with E-state index in [4.69, 9.17) is 0 Å². The summed E-state index contributed by atoms with van der Waals surface area (Å²) >= 11 is 0. The molecule has 0 saturated carbocycles. The second kappa shape index (κ2) is 7.53. The molecule has 2 aliphatic heterocycles. The summed E-state index contributed by atoms with van der Waals surface area (Å²) in [6.45, 7) is 5.96. The summed E-state index contributed by atoms with van der Waals surface area (Å²) in [4.78, 5) is 18.9. The third kappa shape index (κ3) is 3.98. The third-order valence-electron chi connectivity index (χ3n) is 5.35. The van der Waals surface area contributed by atoms with E-state index in [9.17, 15) is 13.2 Å². The van der Waals surface area contributed by atoms with Crippen LogP contribution >= 0.6 is 0 Å². The predicted molar refractivity (Wildman–Crippen MR) is 117 cm³/mol. The lowest BCUT2D eigenvalue weighted by atomic mass is 10.0. The van der Waals surface area contributed by atoms with Crippen LogP contribution in [0.4, 0.5) is 23.0 Å². The number of pyridine rings is 1. The SMILES string of the molecule is CN1CCN(S(=O)(=O)c2cccc(Nc3ccc4c(n3)NC(C)(C)C(=O)N4)c2)CC1. The number of carbonyl (C=O) groups excluding carboxylic acids is 1. The number of carbonyl (C=O) groups is 1. The van der Waals surface area contributed by atoms with Gasteiger partial charge in [-0.3, -0.25) is 4.79 Å². The largest absolute Gasteiger partial charge is 0.355 e. The second-order valence-electron chi connectivity index (χ2n) is 8.16. The smallest absolute Gasteiger partial charge is 0.249 e. The van der Waals surface area contributed by atoms with E-state index in [0.29, 0.717) is 36.1 Å². The Morgan fingerprint density at radius 2 is 1.83 bits per heavy atom. The van der Waals surface area contributed by atoms with Gasteiger partial charge in [0.15, 0.2) is 5.82 Å². The Hall–Kier alpha value is -2.69. The Labute approximate surface area is 176 Å². The van der Waals surface area contributed by atoms with Crippen LogP contribution in [0.15, 0.2) is 41.3 Å². The molecule has 0 atom stereocenters. The molecular weight excluding hydrogens is 404 g/mol. The van der Waals surface area contributed by atoms with E-state index in [2.05, 4.69) is 25.8 Å². The lowest BCUT2D eigenvalue weighted by molar-refractivity contribution is -0.119. The third-order valence-corrected chi connectivity index (χ3v) is 7.24. The van der Waals surface area contributed by atoms with Crippen molar-refractivity contribution >= 4 is 38.9 Å². The number of amides is 1. The molecule has 3 N–H and O–H groups in total. The van der Waals surface area contributed by atoms with Crippen molar-refractivity contribution < 1.29 is 13.2 Å². The Kier molecular flexibility index (Phi) is 5.16. The van der Waals surface area contributed by atoms with E-state index in [1.165, 1.54) is 4.31 Å². The van der Waals surface area contributed by atoms with Gasteiger partial charge in [0.25, 0.3) is 0 Å². The molecule has 0 spiro atoms. The Morgan fingerprint density at radius 1 is 1.10 bits per heavy atom. The molecule has 1 amide bonds. The van der Waals surface area contributed by atoms with Gasteiger partial charge in [0.2, 0.25) is 15.9 Å². The first-order valence-electron chi connectivity index (χ1n) is 9.82. The first kappa shape index (κ1) is 20.6. The summed E-state index contributed by atoms with van der Waals surface area (Å²) in [7, 11) is -1.56. The van der Waals surface area contributed by atoms with Gasteiger partial charge in [0, 0.05) is 31.9 Å². The molecule has 2 aliphatic rings. The lowest BCUT2D eigenvalue weighted by Crippen LogP contribution is -2.47. The number of sulfonamides is 1. The van der Waals surface area contributed by atoms with Crippen molar-refractivity contribution in [2.75, 3.05) is 49.2 Å². The van der Waals surface area contributed by atoms with Gasteiger partial charge in [0.05, 0.1) is 10.6 Å². The topological polar surface area (TPSA) is 107 Å². The van der Waals surface area contributed by atoms with E-state index in [1.54, 1.807) is 50.2 Å². The summed E-state index contributed by atoms with van der Waals surface area (Å²) in [6, 6.07) is 10.2. The predicted octanol–water partition coefficient (Wildman–Crippen LogP) is 1.90. The summed E-state index contributed by atoms with van der Waals surface area (Å²) in [5.74, 6) is 0.979. The molecule has 10 heteroatoms. The molecule has 160 valence electrons. The zero-order valence-electron chi connectivity index (χ0n) is 17.3. The lowest BCUT2D eigenvalue weighted by Gasteiger charge is -2.32. The molecule has 1 aromatic carbocycles. The minimum atomic E-state index is -3.55. The molecule has 0 radical (unpaired) electrons. The van der Waals surface area contributed by atoms with Crippen LogP contribution in [0.3, 0.4) is 0 Å². The molecule has 0 bridgehead atoms. The number of anilines is 4. The molecule has 1 fully saturated rings. The number of aromatic nitrogens is 1. The Bertz CT molecular complexity index is 1080. The number of nitrogens with zero attached hydrogens (tertiary/aromatic N) is 3. The van der Waals surface area contributed by atoms with Crippen LogP contribution in [0.25, 0.3) is 0 Å². The average molecular weight is 431 g/mol. The molecule has 0 unspecified atom stereocenters. The van der Waals surface area contributed by atoms with Crippen molar-refractivity contribution in [3.8, 4) is 0 Å². The van der Waals surface area contributed by atoms with Crippen LogP contribution in [-0.2, 0) is 14.8 Å². The fraction of sp³-hybridized carbons (Fsp3) is 0.400. The number of piperazine rings is 1. The molecule has 0 aliphatic carbocycles. The van der Waals surface area contributed by atoms with Crippen LogP contribution in [0.1, 0.15) is 13.8 Å². The molecule has 1 saturated heterocycles. The Morgan fingerprint density at radius 3 is 2.57 bits per heavy atom. The van der Waals surface area contributed by atoms with E-state index in [0.717, 1.165) is 13.1 Å². The molecule has 2 aromatic rings. The summed E-state index contributed by atoms with van der Waals surface area (Å²) in [5, 5.41) is 9.11. The highest BCUT2D eigenvalue weighted by Crippen LogP contribution is 2.31. The summed E-state index contributed by atoms with van der Waals surface area (Å²) in [5.41, 5.74) is 0.461. The highest BCUT2D eigenvalue weighted by Gasteiger charge is 2.33. The second-order valence-corrected chi connectivity index (χ2v) is 10.1. The van der Waals surface area contributed by atoms with Crippen molar-refractivity contribution in [3.05, 3.63) is 36.4 Å². The molecule has 1 aromatic heterocycles. The van der Waals surface area contributed by atoms with Gasteiger partial charge in [-0.05, 0) is 51.2 Å². The van der Waals surface area contributed by atoms with E-state index in [1.807, 2.05) is 7.05 Å². The van der Waals surface area contributed by atoms with Gasteiger partial charge >= 0.3 is 0 Å². The first-order chi connectivity index (χ1) is 14.1. The molecule has 4 rings (SSSR count). The number of rotatable bonds is 4. The summed E-state index contributed by atoms with van der Waals surface area (Å²) in [6.07, 6.45) is 0. The highest BCUT2D eigenvalue weighted by molar-refractivity contribution is 7.89. The minimum Gasteiger partial charge on any atom is -0.355 e. The number of fused-ring (bicyclic) bond motifs is 1. The van der Waals surface area contributed by atoms with Crippen molar-refractivity contribution in [3.63, 3.8) is 0 Å². The normalized spacial score (nSPS) is 19.5. The standard InChI is InChI=1S/C20H26N6O3S/c1-20(2)19(27)22-16-7-8-17(23-18(16)24-20)21-14-5-4-6-15(13-14)30(28,29)26-11-9-25(3)10-12-26/h4-8,13H,9-12H2,1-3H3,(H,22,27)(H2,21,23,24). The quantitative estimate of drug-likeness (QED) is 0.680. The molecule has 3 heterocycles. The highest BCUT2D eigenvalue weighted by atomic mass is 32.2. The van der Waals surface area contributed by atoms with Crippen LogP contribution < -0.4 is 16.0 Å². The molecule has 9 nitrogen and oxygen atoms in total. The average Bonchev–Trinajstić information content (AvgIpc) is 2.69. The van der Waals surface area contributed by atoms with Crippen molar-refractivity contribution in [2.45, 2.75) is 24.3 Å². The van der Waals surface area contributed by atoms with Gasteiger partial charge in [0.1, 0.15) is 11.4 Å². The summed E-state index contributed by atoms with van der Waals surface area (Å²) < 4.78 is 27.5. The van der Waals surface area contributed by atoms with E-state index < -0.39 is 15.6 Å². The first-order valence-corrected chi connectivity index (χ1v) is 11.3. The maximum Gasteiger partial charge on any atom is 0.249 e. The monoisotopic (exact) mass is 430 g/mol. The van der Waals surface area contributed by atoms with Gasteiger partial charge in [-0.15, -0.1) is 0 Å². The zero-order chi connectivity index (χ0) is 21.5. The zero-order valence-corrected chi connectivity index (χ0v) is 18.1. The number of nitrogens with one attached hydrogen (secondary N) is 3. The van der Waals surface area contributed by atoms with E-state index >= 15 is 0 Å². The van der Waals surface area contributed by atoms with Gasteiger partial charge < -0.3 is 20.9 Å². The van der Waals surface area contributed by atoms with E-state index in [-0.39, 0.29) is 10.8 Å². The molecule has 30 heavy (non-hydrogen) atoms. The number of benzene rings is 1. The van der Waals surface area contributed by atoms with Crippen molar-refractivity contribution in [1.29, 1.82) is 0 Å². The fourth-order valence-corrected chi connectivity index (χ4v) is 4.88. The van der Waals surface area contributed by atoms with Crippen LogP contribution in [0, 0.1) is 0 Å². The van der Waals surface area contributed by atoms with Crippen LogP contribution in [-0.4, -0.2) is 67.3 Å². The number of hydrogen-bond acceptors (Lipinski definition) is 7. The molecular formula is C20H26N6O3S.